The van der Waals surface area contributed by atoms with Gasteiger partial charge in [0.2, 0.25) is 0 Å². The molecular weight excluding hydrogens is 210 g/mol. The maximum Gasteiger partial charge on any atom is 0.0342 e. The zero-order valence-corrected chi connectivity index (χ0v) is 11.2. The number of nitrogens with two attached hydrogens (primary N) is 1. The predicted molar refractivity (Wildman–Crippen MR) is 76.5 cm³/mol. The first kappa shape index (κ1) is 13.8. The minimum absolute atomic E-state index is 0.225. The topological polar surface area (TPSA) is 50.1 Å². The maximum atomic E-state index is 6.03. The van der Waals surface area contributed by atoms with Gasteiger partial charge in [0.15, 0.2) is 0 Å². The number of nitrogens with one attached hydrogen (secondary N) is 2. The Balaban J connectivity index is 2.36. The monoisotopic (exact) mass is 235 g/mol. The molecule has 3 heteroatoms. The van der Waals surface area contributed by atoms with Crippen molar-refractivity contribution in [1.82, 2.24) is 0 Å². The van der Waals surface area contributed by atoms with Crippen LogP contribution in [0.25, 0.3) is 0 Å². The zero-order valence-electron chi connectivity index (χ0n) is 11.2. The third-order valence-electron chi connectivity index (χ3n) is 2.61. The summed E-state index contributed by atoms with van der Waals surface area (Å²) in [5.74, 6) is 0.655. The average molecular weight is 235 g/mol. The SMILES string of the molecule is CCNc1ccc(NCC(N)CC(C)C)cc1. The summed E-state index contributed by atoms with van der Waals surface area (Å²) < 4.78 is 0. The molecule has 0 saturated heterocycles. The Morgan fingerprint density at radius 2 is 1.59 bits per heavy atom. The highest BCUT2D eigenvalue weighted by Crippen LogP contribution is 2.13. The van der Waals surface area contributed by atoms with Gasteiger partial charge < -0.3 is 16.4 Å². The number of benzene rings is 1. The van der Waals surface area contributed by atoms with Crippen molar-refractivity contribution in [2.24, 2.45) is 11.7 Å². The van der Waals surface area contributed by atoms with E-state index in [0.29, 0.717) is 5.92 Å². The van der Waals surface area contributed by atoms with Gasteiger partial charge in [0.25, 0.3) is 0 Å². The van der Waals surface area contributed by atoms with Gasteiger partial charge in [-0.15, -0.1) is 0 Å². The summed E-state index contributed by atoms with van der Waals surface area (Å²) in [7, 11) is 0. The van der Waals surface area contributed by atoms with E-state index in [0.717, 1.165) is 30.9 Å². The van der Waals surface area contributed by atoms with Crippen molar-refractivity contribution >= 4 is 11.4 Å². The molecule has 0 saturated carbocycles. The van der Waals surface area contributed by atoms with Gasteiger partial charge in [-0.05, 0) is 43.5 Å². The zero-order chi connectivity index (χ0) is 12.7. The second kappa shape index (κ2) is 7.17. The lowest BCUT2D eigenvalue weighted by Gasteiger charge is -2.15. The van der Waals surface area contributed by atoms with E-state index < -0.39 is 0 Å². The highest BCUT2D eigenvalue weighted by molar-refractivity contribution is 5.53. The van der Waals surface area contributed by atoms with Crippen LogP contribution in [0, 0.1) is 5.92 Å². The molecule has 0 bridgehead atoms. The second-order valence-corrected chi connectivity index (χ2v) is 4.88. The van der Waals surface area contributed by atoms with Crippen molar-refractivity contribution in [2.45, 2.75) is 33.2 Å². The van der Waals surface area contributed by atoms with Gasteiger partial charge in [0.05, 0.1) is 0 Å². The Kier molecular flexibility index (Phi) is 5.84. The van der Waals surface area contributed by atoms with E-state index in [9.17, 15) is 0 Å². The molecule has 0 aliphatic carbocycles. The molecule has 96 valence electrons. The maximum absolute atomic E-state index is 6.03. The van der Waals surface area contributed by atoms with E-state index in [1.54, 1.807) is 0 Å². The number of hydrogen-bond donors (Lipinski definition) is 3. The smallest absolute Gasteiger partial charge is 0.0342 e. The summed E-state index contributed by atoms with van der Waals surface area (Å²) in [6.07, 6.45) is 1.06. The van der Waals surface area contributed by atoms with Crippen LogP contribution in [0.3, 0.4) is 0 Å². The van der Waals surface area contributed by atoms with Crippen molar-refractivity contribution < 1.29 is 0 Å². The molecule has 1 aromatic carbocycles. The summed E-state index contributed by atoms with van der Waals surface area (Å²) in [6, 6.07) is 8.56. The molecule has 0 spiro atoms. The van der Waals surface area contributed by atoms with Crippen molar-refractivity contribution in [3.05, 3.63) is 24.3 Å². The molecule has 1 aromatic rings. The van der Waals surface area contributed by atoms with Gasteiger partial charge in [-0.2, -0.15) is 0 Å². The van der Waals surface area contributed by atoms with Crippen LogP contribution in [0.15, 0.2) is 24.3 Å². The molecule has 3 nitrogen and oxygen atoms in total. The first-order valence-corrected chi connectivity index (χ1v) is 6.45. The first-order valence-electron chi connectivity index (χ1n) is 6.45. The largest absolute Gasteiger partial charge is 0.385 e. The van der Waals surface area contributed by atoms with Gasteiger partial charge in [0.1, 0.15) is 0 Å². The van der Waals surface area contributed by atoms with E-state index in [1.807, 2.05) is 0 Å². The molecule has 0 radical (unpaired) electrons. The minimum Gasteiger partial charge on any atom is -0.385 e. The highest BCUT2D eigenvalue weighted by atomic mass is 14.9. The third-order valence-corrected chi connectivity index (χ3v) is 2.61. The molecule has 1 rings (SSSR count). The van der Waals surface area contributed by atoms with Gasteiger partial charge in [-0.1, -0.05) is 13.8 Å². The molecule has 1 atom stereocenters. The summed E-state index contributed by atoms with van der Waals surface area (Å²) in [5.41, 5.74) is 8.31. The number of rotatable bonds is 7. The van der Waals surface area contributed by atoms with Crippen molar-refractivity contribution in [2.75, 3.05) is 23.7 Å². The first-order chi connectivity index (χ1) is 8.11. The minimum atomic E-state index is 0.225. The highest BCUT2D eigenvalue weighted by Gasteiger charge is 2.04. The standard InChI is InChI=1S/C14H25N3/c1-4-16-13-5-7-14(8-6-13)17-10-12(15)9-11(2)3/h5-8,11-12,16-17H,4,9-10,15H2,1-3H3. The molecule has 0 aliphatic heterocycles. The Morgan fingerprint density at radius 3 is 2.06 bits per heavy atom. The molecule has 0 amide bonds. The molecule has 4 N–H and O–H groups in total. The summed E-state index contributed by atoms with van der Waals surface area (Å²) in [4.78, 5) is 0. The van der Waals surface area contributed by atoms with Crippen LogP contribution in [0.5, 0.6) is 0 Å². The molecule has 0 aliphatic rings. The molecule has 1 unspecified atom stereocenters. The fourth-order valence-electron chi connectivity index (χ4n) is 1.85. The summed E-state index contributed by atoms with van der Waals surface area (Å²) in [6.45, 7) is 8.28. The van der Waals surface area contributed by atoms with Crippen LogP contribution in [0.1, 0.15) is 27.2 Å². The van der Waals surface area contributed by atoms with Crippen molar-refractivity contribution in [3.63, 3.8) is 0 Å². The van der Waals surface area contributed by atoms with E-state index in [2.05, 4.69) is 55.7 Å². The van der Waals surface area contributed by atoms with Gasteiger partial charge in [-0.25, -0.2) is 0 Å². The van der Waals surface area contributed by atoms with Crippen LogP contribution in [-0.4, -0.2) is 19.1 Å². The van der Waals surface area contributed by atoms with Crippen LogP contribution in [-0.2, 0) is 0 Å². The second-order valence-electron chi connectivity index (χ2n) is 4.88. The Morgan fingerprint density at radius 1 is 1.06 bits per heavy atom. The Bertz CT molecular complexity index is 306. The fraction of sp³-hybridized carbons (Fsp3) is 0.571. The Hall–Kier alpha value is -1.22. The van der Waals surface area contributed by atoms with Crippen molar-refractivity contribution in [3.8, 4) is 0 Å². The van der Waals surface area contributed by atoms with E-state index in [-0.39, 0.29) is 6.04 Å². The Labute approximate surface area is 105 Å². The van der Waals surface area contributed by atoms with Crippen LogP contribution in [0.2, 0.25) is 0 Å². The predicted octanol–water partition coefficient (Wildman–Crippen LogP) is 2.90. The summed E-state index contributed by atoms with van der Waals surface area (Å²) in [5, 5.41) is 6.64. The van der Waals surface area contributed by atoms with Crippen molar-refractivity contribution in [1.29, 1.82) is 0 Å². The van der Waals surface area contributed by atoms with E-state index in [4.69, 9.17) is 5.73 Å². The lowest BCUT2D eigenvalue weighted by molar-refractivity contribution is 0.508. The fourth-order valence-corrected chi connectivity index (χ4v) is 1.85. The lowest BCUT2D eigenvalue weighted by Crippen LogP contribution is -2.30. The van der Waals surface area contributed by atoms with Crippen LogP contribution in [0.4, 0.5) is 11.4 Å². The normalized spacial score (nSPS) is 12.5. The average Bonchev–Trinajstić information content (AvgIpc) is 2.28. The van der Waals surface area contributed by atoms with Gasteiger partial charge in [-0.3, -0.25) is 0 Å². The van der Waals surface area contributed by atoms with Crippen LogP contribution < -0.4 is 16.4 Å². The third kappa shape index (κ3) is 5.59. The quantitative estimate of drug-likeness (QED) is 0.681. The molecule has 0 aromatic heterocycles. The molecule has 0 fully saturated rings. The van der Waals surface area contributed by atoms with Gasteiger partial charge in [0, 0.05) is 30.5 Å². The van der Waals surface area contributed by atoms with E-state index >= 15 is 0 Å². The van der Waals surface area contributed by atoms with Crippen LogP contribution >= 0.6 is 0 Å². The number of anilines is 2. The summed E-state index contributed by atoms with van der Waals surface area (Å²) >= 11 is 0. The van der Waals surface area contributed by atoms with Gasteiger partial charge >= 0.3 is 0 Å². The molecule has 17 heavy (non-hydrogen) atoms. The molecular formula is C14H25N3. The number of hydrogen-bond acceptors (Lipinski definition) is 3. The molecule has 0 heterocycles. The lowest BCUT2D eigenvalue weighted by atomic mass is 10.0. The van der Waals surface area contributed by atoms with E-state index in [1.165, 1.54) is 0 Å².